The molecule has 0 amide bonds. The molecule has 0 aliphatic heterocycles. The fraction of sp³-hybridized carbons (Fsp3) is 0.222. The molecule has 0 aliphatic carbocycles. The number of hydrogen-bond donors (Lipinski definition) is 1. The third-order valence-electron chi connectivity index (χ3n) is 1.88. The van der Waals surface area contributed by atoms with Crippen molar-refractivity contribution in [2.75, 3.05) is 11.6 Å². The Bertz CT molecular complexity index is 431. The Hall–Kier alpha value is -0.940. The lowest BCUT2D eigenvalue weighted by Gasteiger charge is -2.12. The summed E-state index contributed by atoms with van der Waals surface area (Å²) < 4.78 is 37.5. The Morgan fingerprint density at radius 2 is 1.94 bits per heavy atom. The molecule has 0 radical (unpaired) electrons. The largest absolute Gasteiger partial charge is 0.418 e. The number of carbonyl (C=O) groups excluding carboxylic acids is 1. The summed E-state index contributed by atoms with van der Waals surface area (Å²) >= 11 is 10.7. The summed E-state index contributed by atoms with van der Waals surface area (Å²) in [6.07, 6.45) is -4.66. The van der Waals surface area contributed by atoms with Gasteiger partial charge in [0.1, 0.15) is 0 Å². The third kappa shape index (κ3) is 2.59. The summed E-state index contributed by atoms with van der Waals surface area (Å²) in [4.78, 5) is 11.2. The average molecular weight is 272 g/mol. The zero-order valence-electron chi connectivity index (χ0n) is 7.74. The van der Waals surface area contributed by atoms with Crippen molar-refractivity contribution in [1.82, 2.24) is 0 Å². The monoisotopic (exact) mass is 271 g/mol. The molecule has 0 aliphatic rings. The van der Waals surface area contributed by atoms with Crippen LogP contribution in [0.5, 0.6) is 0 Å². The van der Waals surface area contributed by atoms with Crippen LogP contribution >= 0.6 is 23.2 Å². The van der Waals surface area contributed by atoms with E-state index in [2.05, 4.69) is 0 Å². The second-order valence-corrected chi connectivity index (χ2v) is 3.65. The molecule has 0 saturated heterocycles. The van der Waals surface area contributed by atoms with Crippen molar-refractivity contribution in [3.8, 4) is 0 Å². The van der Waals surface area contributed by atoms with E-state index in [1.165, 1.54) is 0 Å². The van der Waals surface area contributed by atoms with Crippen molar-refractivity contribution in [1.29, 1.82) is 0 Å². The van der Waals surface area contributed by atoms with Gasteiger partial charge in [0.05, 0.1) is 22.2 Å². The summed E-state index contributed by atoms with van der Waals surface area (Å²) in [5.41, 5.74) is 3.25. The molecule has 0 atom stereocenters. The average Bonchev–Trinajstić information content (AvgIpc) is 2.18. The number of Topliss-reactive ketones (excluding diaryl/α,β-unsaturated/α-hetero) is 1. The molecule has 1 aromatic rings. The fourth-order valence-corrected chi connectivity index (χ4v) is 1.46. The maximum atomic E-state index is 12.5. The first-order chi connectivity index (χ1) is 7.27. The van der Waals surface area contributed by atoms with E-state index in [-0.39, 0.29) is 10.6 Å². The van der Waals surface area contributed by atoms with Crippen molar-refractivity contribution in [2.45, 2.75) is 6.18 Å². The van der Waals surface area contributed by atoms with Crippen LogP contribution in [0, 0.1) is 0 Å². The number of carbonyl (C=O) groups is 1. The number of halogens is 5. The Balaban J connectivity index is 3.39. The van der Waals surface area contributed by atoms with Gasteiger partial charge in [0.25, 0.3) is 0 Å². The van der Waals surface area contributed by atoms with Crippen LogP contribution in [-0.2, 0) is 6.18 Å². The number of ketones is 1. The molecule has 88 valence electrons. The Morgan fingerprint density at radius 3 is 2.38 bits per heavy atom. The highest BCUT2D eigenvalue weighted by Gasteiger charge is 2.34. The third-order valence-corrected chi connectivity index (χ3v) is 2.43. The number of hydrogen-bond acceptors (Lipinski definition) is 2. The quantitative estimate of drug-likeness (QED) is 0.509. The van der Waals surface area contributed by atoms with Crippen LogP contribution in [0.2, 0.25) is 5.02 Å². The molecule has 0 aromatic heterocycles. The molecule has 16 heavy (non-hydrogen) atoms. The van der Waals surface area contributed by atoms with Crippen LogP contribution in [0.3, 0.4) is 0 Å². The van der Waals surface area contributed by atoms with Crippen molar-refractivity contribution in [3.05, 3.63) is 28.3 Å². The minimum Gasteiger partial charge on any atom is -0.397 e. The van der Waals surface area contributed by atoms with Gasteiger partial charge in [0.15, 0.2) is 5.78 Å². The summed E-state index contributed by atoms with van der Waals surface area (Å²) in [5.74, 6) is -1.06. The Morgan fingerprint density at radius 1 is 1.38 bits per heavy atom. The maximum absolute atomic E-state index is 12.5. The van der Waals surface area contributed by atoms with Crippen LogP contribution in [-0.4, -0.2) is 11.7 Å². The first-order valence-electron chi connectivity index (χ1n) is 4.02. The molecule has 2 N–H and O–H groups in total. The Labute approximate surface area is 99.1 Å². The van der Waals surface area contributed by atoms with E-state index < -0.39 is 29.1 Å². The van der Waals surface area contributed by atoms with E-state index in [0.717, 1.165) is 6.07 Å². The predicted molar refractivity (Wildman–Crippen MR) is 55.9 cm³/mol. The zero-order valence-corrected chi connectivity index (χ0v) is 9.25. The van der Waals surface area contributed by atoms with Gasteiger partial charge in [-0.05, 0) is 12.1 Å². The maximum Gasteiger partial charge on any atom is 0.418 e. The summed E-state index contributed by atoms with van der Waals surface area (Å²) in [7, 11) is 0. The number of benzene rings is 1. The second-order valence-electron chi connectivity index (χ2n) is 2.97. The fourth-order valence-electron chi connectivity index (χ4n) is 1.09. The molecule has 7 heteroatoms. The van der Waals surface area contributed by atoms with E-state index in [9.17, 15) is 18.0 Å². The van der Waals surface area contributed by atoms with Crippen molar-refractivity contribution >= 4 is 34.7 Å². The lowest BCUT2D eigenvalue weighted by atomic mass is 10.1. The molecule has 0 bridgehead atoms. The molecule has 0 heterocycles. The van der Waals surface area contributed by atoms with E-state index in [0.29, 0.717) is 6.07 Å². The SMILES string of the molecule is Nc1c(Cl)cc(C(=O)CCl)cc1C(F)(F)F. The van der Waals surface area contributed by atoms with Crippen molar-refractivity contribution in [2.24, 2.45) is 0 Å². The molecule has 2 nitrogen and oxygen atoms in total. The van der Waals surface area contributed by atoms with Gasteiger partial charge in [-0.1, -0.05) is 11.6 Å². The molecular formula is C9H6Cl2F3NO. The number of anilines is 1. The lowest BCUT2D eigenvalue weighted by Crippen LogP contribution is -2.12. The number of nitrogens with two attached hydrogens (primary N) is 1. The van der Waals surface area contributed by atoms with Crippen LogP contribution in [0.15, 0.2) is 12.1 Å². The predicted octanol–water partition coefficient (Wildman–Crippen LogP) is 3.36. The van der Waals surface area contributed by atoms with Crippen LogP contribution < -0.4 is 5.73 Å². The van der Waals surface area contributed by atoms with Gasteiger partial charge in [0, 0.05) is 5.56 Å². The molecule has 0 fully saturated rings. The van der Waals surface area contributed by atoms with E-state index in [1.807, 2.05) is 0 Å². The highest BCUT2D eigenvalue weighted by atomic mass is 35.5. The van der Waals surface area contributed by atoms with Crippen LogP contribution in [0.1, 0.15) is 15.9 Å². The highest BCUT2D eigenvalue weighted by molar-refractivity contribution is 6.34. The molecule has 0 saturated carbocycles. The number of rotatable bonds is 2. The van der Waals surface area contributed by atoms with Gasteiger partial charge in [0.2, 0.25) is 0 Å². The van der Waals surface area contributed by atoms with Gasteiger partial charge in [-0.2, -0.15) is 13.2 Å². The first-order valence-corrected chi connectivity index (χ1v) is 4.94. The topological polar surface area (TPSA) is 43.1 Å². The van der Waals surface area contributed by atoms with Gasteiger partial charge in [-0.15, -0.1) is 11.6 Å². The Kier molecular flexibility index (Phi) is 3.70. The minimum atomic E-state index is -4.66. The first kappa shape index (κ1) is 13.1. The van der Waals surface area contributed by atoms with Crippen LogP contribution in [0.4, 0.5) is 18.9 Å². The van der Waals surface area contributed by atoms with Gasteiger partial charge in [-0.3, -0.25) is 4.79 Å². The number of alkyl halides is 4. The van der Waals surface area contributed by atoms with E-state index in [1.54, 1.807) is 0 Å². The summed E-state index contributed by atoms with van der Waals surface area (Å²) in [6, 6.07) is 1.71. The summed E-state index contributed by atoms with van der Waals surface area (Å²) in [5, 5.41) is -0.316. The minimum absolute atomic E-state index is 0.207. The van der Waals surface area contributed by atoms with E-state index >= 15 is 0 Å². The standard InChI is InChI=1S/C9H6Cl2F3NO/c10-3-7(16)4-1-5(9(12,13)14)8(15)6(11)2-4/h1-2H,3,15H2. The van der Waals surface area contributed by atoms with Gasteiger partial charge in [-0.25, -0.2) is 0 Å². The van der Waals surface area contributed by atoms with Crippen molar-refractivity contribution in [3.63, 3.8) is 0 Å². The molecule has 1 aromatic carbocycles. The molecule has 0 unspecified atom stereocenters. The van der Waals surface area contributed by atoms with Gasteiger partial charge >= 0.3 is 6.18 Å². The van der Waals surface area contributed by atoms with Gasteiger partial charge < -0.3 is 5.73 Å². The molecule has 0 spiro atoms. The smallest absolute Gasteiger partial charge is 0.397 e. The van der Waals surface area contributed by atoms with E-state index in [4.69, 9.17) is 28.9 Å². The lowest BCUT2D eigenvalue weighted by molar-refractivity contribution is -0.136. The molecule has 1 rings (SSSR count). The van der Waals surface area contributed by atoms with Crippen LogP contribution in [0.25, 0.3) is 0 Å². The highest BCUT2D eigenvalue weighted by Crippen LogP contribution is 2.37. The zero-order chi connectivity index (χ0) is 12.5. The number of nitrogen functional groups attached to an aromatic ring is 1. The van der Waals surface area contributed by atoms with Crippen molar-refractivity contribution < 1.29 is 18.0 Å². The second kappa shape index (κ2) is 4.51. The summed E-state index contributed by atoms with van der Waals surface area (Å²) in [6.45, 7) is 0. The normalized spacial score (nSPS) is 11.6. The molecular weight excluding hydrogens is 266 g/mol.